The molecule has 0 spiro atoms. The van der Waals surface area contributed by atoms with Crippen LogP contribution in [0.15, 0.2) is 109 Å². The first-order chi connectivity index (χ1) is 18.6. The second-order valence-electron chi connectivity index (χ2n) is 9.23. The zero-order valence-corrected chi connectivity index (χ0v) is 21.0. The molecule has 2 fully saturated rings. The van der Waals surface area contributed by atoms with E-state index in [-0.39, 0.29) is 5.91 Å². The third kappa shape index (κ3) is 3.47. The van der Waals surface area contributed by atoms with Crippen LogP contribution >= 0.6 is 0 Å². The van der Waals surface area contributed by atoms with Gasteiger partial charge in [-0.1, -0.05) is 60.7 Å². The number of benzene rings is 4. The highest BCUT2D eigenvalue weighted by Gasteiger charge is 2.72. The van der Waals surface area contributed by atoms with E-state index in [0.29, 0.717) is 22.7 Å². The van der Waals surface area contributed by atoms with Gasteiger partial charge in [-0.25, -0.2) is 9.96 Å². The van der Waals surface area contributed by atoms with Gasteiger partial charge in [0.15, 0.2) is 6.10 Å². The van der Waals surface area contributed by atoms with Crippen LogP contribution < -0.4 is 19.4 Å². The van der Waals surface area contributed by atoms with Gasteiger partial charge in [0.05, 0.1) is 25.6 Å². The van der Waals surface area contributed by atoms with Crippen LogP contribution in [-0.4, -0.2) is 32.1 Å². The van der Waals surface area contributed by atoms with E-state index in [2.05, 4.69) is 0 Å². The van der Waals surface area contributed by atoms with Crippen LogP contribution in [-0.2, 0) is 19.8 Å². The Morgan fingerprint density at radius 3 is 1.82 bits per heavy atom. The Kier molecular flexibility index (Phi) is 5.85. The summed E-state index contributed by atoms with van der Waals surface area (Å²) in [4.78, 5) is 36.5. The fourth-order valence-electron chi connectivity index (χ4n) is 5.55. The predicted molar refractivity (Wildman–Crippen MR) is 143 cm³/mol. The Labute approximate surface area is 220 Å². The minimum Gasteiger partial charge on any atom is -0.497 e. The number of rotatable bonds is 6. The molecular weight excluding hydrogens is 480 g/mol. The molecule has 3 atom stereocenters. The standard InChI is InChI=1S/C31H26N2O5/c1-36-25-17-13-21(14-18-25)27-31(22-9-5-3-6-10-22)28(38-33(27)24-11-7-4-8-12-24)29(34)32(30(31)35)23-15-19-26(37-2)20-16-23/h3-20,27-28H,1-2H3/t27-,28-,31+/m0/s1. The zero-order chi connectivity index (χ0) is 26.3. The van der Waals surface area contributed by atoms with Crippen molar-refractivity contribution >= 4 is 23.2 Å². The first kappa shape index (κ1) is 23.8. The number of anilines is 2. The number of imide groups is 1. The third-order valence-electron chi connectivity index (χ3n) is 7.32. The van der Waals surface area contributed by atoms with Crippen molar-refractivity contribution in [3.05, 3.63) is 120 Å². The number of ether oxygens (including phenoxy) is 2. The smallest absolute Gasteiger partial charge is 0.267 e. The van der Waals surface area contributed by atoms with Gasteiger partial charge >= 0.3 is 0 Å². The van der Waals surface area contributed by atoms with Crippen LogP contribution in [0.3, 0.4) is 0 Å². The van der Waals surface area contributed by atoms with Crippen molar-refractivity contribution in [3.8, 4) is 11.5 Å². The lowest BCUT2D eigenvalue weighted by Crippen LogP contribution is -2.46. The molecule has 190 valence electrons. The van der Waals surface area contributed by atoms with Gasteiger partial charge in [0, 0.05) is 0 Å². The number of hydrogen-bond acceptors (Lipinski definition) is 6. The van der Waals surface area contributed by atoms with Gasteiger partial charge in [0.1, 0.15) is 23.0 Å². The van der Waals surface area contributed by atoms with Gasteiger partial charge in [0.2, 0.25) is 5.91 Å². The summed E-state index contributed by atoms with van der Waals surface area (Å²) in [5.74, 6) is 0.565. The maximum absolute atomic E-state index is 14.7. The average molecular weight is 507 g/mol. The molecule has 7 heteroatoms. The summed E-state index contributed by atoms with van der Waals surface area (Å²) in [6.07, 6.45) is -1.08. The molecule has 4 aromatic carbocycles. The molecule has 0 saturated carbocycles. The molecule has 0 unspecified atom stereocenters. The van der Waals surface area contributed by atoms with Crippen molar-refractivity contribution in [1.29, 1.82) is 0 Å². The van der Waals surface area contributed by atoms with Crippen molar-refractivity contribution in [2.75, 3.05) is 24.2 Å². The topological polar surface area (TPSA) is 68.3 Å². The van der Waals surface area contributed by atoms with Crippen LogP contribution in [0.4, 0.5) is 11.4 Å². The number of nitrogens with zero attached hydrogens (tertiary/aromatic N) is 2. The van der Waals surface area contributed by atoms with Crippen molar-refractivity contribution in [2.24, 2.45) is 0 Å². The number of carbonyl (C=O) groups excluding carboxylic acids is 2. The summed E-state index contributed by atoms with van der Waals surface area (Å²) < 4.78 is 10.7. The Bertz CT molecular complexity index is 1460. The summed E-state index contributed by atoms with van der Waals surface area (Å²) in [5, 5.41) is 1.71. The third-order valence-corrected chi connectivity index (χ3v) is 7.32. The van der Waals surface area contributed by atoms with Crippen molar-refractivity contribution in [3.63, 3.8) is 0 Å². The van der Waals surface area contributed by atoms with Gasteiger partial charge in [-0.3, -0.25) is 14.4 Å². The van der Waals surface area contributed by atoms with Gasteiger partial charge in [0.25, 0.3) is 5.91 Å². The number of para-hydroxylation sites is 1. The van der Waals surface area contributed by atoms with E-state index in [4.69, 9.17) is 14.3 Å². The fraction of sp³-hybridized carbons (Fsp3) is 0.161. The first-order valence-electron chi connectivity index (χ1n) is 12.3. The van der Waals surface area contributed by atoms with Crippen LogP contribution in [0, 0.1) is 0 Å². The van der Waals surface area contributed by atoms with Crippen LogP contribution in [0.1, 0.15) is 17.2 Å². The second kappa shape index (κ2) is 9.36. The molecule has 0 aliphatic carbocycles. The minimum absolute atomic E-state index is 0.344. The largest absolute Gasteiger partial charge is 0.497 e. The van der Waals surface area contributed by atoms with E-state index < -0.39 is 23.5 Å². The number of carbonyl (C=O) groups is 2. The normalized spacial score (nSPS) is 22.5. The molecule has 0 bridgehead atoms. The maximum Gasteiger partial charge on any atom is 0.267 e. The Balaban J connectivity index is 1.58. The molecule has 2 amide bonds. The lowest BCUT2D eigenvalue weighted by Gasteiger charge is -2.35. The van der Waals surface area contributed by atoms with E-state index in [1.54, 1.807) is 43.5 Å². The van der Waals surface area contributed by atoms with E-state index in [1.807, 2.05) is 84.9 Å². The van der Waals surface area contributed by atoms with Crippen molar-refractivity contribution in [2.45, 2.75) is 17.6 Å². The van der Waals surface area contributed by atoms with Gasteiger partial charge in [-0.2, -0.15) is 0 Å². The molecule has 0 aromatic heterocycles. The summed E-state index contributed by atoms with van der Waals surface area (Å²) in [6.45, 7) is 0. The molecule has 38 heavy (non-hydrogen) atoms. The summed E-state index contributed by atoms with van der Waals surface area (Å²) in [6, 6.07) is 32.8. The highest BCUT2D eigenvalue weighted by atomic mass is 16.7. The number of amides is 2. The molecule has 7 nitrogen and oxygen atoms in total. The molecule has 2 saturated heterocycles. The van der Waals surface area contributed by atoms with Gasteiger partial charge < -0.3 is 9.47 Å². The van der Waals surface area contributed by atoms with E-state index in [1.165, 1.54) is 4.90 Å². The highest BCUT2D eigenvalue weighted by molar-refractivity contribution is 6.28. The monoisotopic (exact) mass is 506 g/mol. The molecular formula is C31H26N2O5. The van der Waals surface area contributed by atoms with E-state index >= 15 is 0 Å². The van der Waals surface area contributed by atoms with Gasteiger partial charge in [-0.05, 0) is 59.7 Å². The Morgan fingerprint density at radius 1 is 0.684 bits per heavy atom. The van der Waals surface area contributed by atoms with Crippen molar-refractivity contribution in [1.82, 2.24) is 0 Å². The number of fused-ring (bicyclic) bond motifs is 1. The fourth-order valence-corrected chi connectivity index (χ4v) is 5.55. The van der Waals surface area contributed by atoms with Crippen LogP contribution in [0.5, 0.6) is 11.5 Å². The number of methoxy groups -OCH3 is 2. The SMILES string of the molecule is COc1ccc([C@@H]2N(c3ccccc3)O[C@H]3C(=O)N(c4ccc(OC)cc4)C(=O)[C@]23c2ccccc2)cc1. The maximum atomic E-state index is 14.7. The van der Waals surface area contributed by atoms with Gasteiger partial charge in [-0.15, -0.1) is 0 Å². The summed E-state index contributed by atoms with van der Waals surface area (Å²) in [5.41, 5.74) is 1.39. The molecule has 6 rings (SSSR count). The van der Waals surface area contributed by atoms with Crippen molar-refractivity contribution < 1.29 is 23.9 Å². The van der Waals surface area contributed by atoms with E-state index in [0.717, 1.165) is 11.3 Å². The highest BCUT2D eigenvalue weighted by Crippen LogP contribution is 2.57. The number of hydrogen-bond donors (Lipinski definition) is 0. The Morgan fingerprint density at radius 2 is 1.24 bits per heavy atom. The average Bonchev–Trinajstić information content (AvgIpc) is 3.45. The van der Waals surface area contributed by atoms with Crippen LogP contribution in [0.2, 0.25) is 0 Å². The molecule has 2 heterocycles. The quantitative estimate of drug-likeness (QED) is 0.340. The second-order valence-corrected chi connectivity index (χ2v) is 9.23. The lowest BCUT2D eigenvalue weighted by molar-refractivity contribution is -0.126. The van der Waals surface area contributed by atoms with Crippen LogP contribution in [0.25, 0.3) is 0 Å². The summed E-state index contributed by atoms with van der Waals surface area (Å²) in [7, 11) is 3.18. The molecule has 0 radical (unpaired) electrons. The molecule has 4 aromatic rings. The summed E-state index contributed by atoms with van der Waals surface area (Å²) >= 11 is 0. The van der Waals surface area contributed by atoms with E-state index in [9.17, 15) is 9.59 Å². The zero-order valence-electron chi connectivity index (χ0n) is 21.0. The Hall–Kier alpha value is -4.62. The molecule has 2 aliphatic rings. The first-order valence-corrected chi connectivity index (χ1v) is 12.3. The lowest BCUT2D eigenvalue weighted by atomic mass is 9.69. The number of hydroxylamine groups is 1. The minimum atomic E-state index is -1.34. The predicted octanol–water partition coefficient (Wildman–Crippen LogP) is 5.08. The molecule has 2 aliphatic heterocycles. The molecule has 0 N–H and O–H groups in total.